The van der Waals surface area contributed by atoms with Crippen LogP contribution in [-0.4, -0.2) is 12.6 Å². The molecule has 3 rings (SSSR count). The summed E-state index contributed by atoms with van der Waals surface area (Å²) in [5, 5.41) is 2.17. The highest BCUT2D eigenvalue weighted by Gasteiger charge is 2.08. The summed E-state index contributed by atoms with van der Waals surface area (Å²) in [4.78, 5) is 21.7. The van der Waals surface area contributed by atoms with Gasteiger partial charge < -0.3 is 0 Å². The molecule has 0 aliphatic rings. The van der Waals surface area contributed by atoms with Gasteiger partial charge in [-0.15, -0.1) is 11.3 Å². The first-order valence-corrected chi connectivity index (χ1v) is 6.01. The van der Waals surface area contributed by atoms with E-state index in [0.29, 0.717) is 11.1 Å². The van der Waals surface area contributed by atoms with Crippen LogP contribution in [0.1, 0.15) is 20.7 Å². The van der Waals surface area contributed by atoms with E-state index in [1.54, 1.807) is 17.4 Å². The normalized spacial score (nSPS) is 10.8. The van der Waals surface area contributed by atoms with Crippen LogP contribution >= 0.6 is 11.3 Å². The number of fused-ring (bicyclic) bond motifs is 3. The second-order valence-corrected chi connectivity index (χ2v) is 4.87. The molecule has 0 spiro atoms. The number of aldehydes is 2. The van der Waals surface area contributed by atoms with E-state index < -0.39 is 0 Å². The van der Waals surface area contributed by atoms with Gasteiger partial charge in [0.2, 0.25) is 0 Å². The highest BCUT2D eigenvalue weighted by Crippen LogP contribution is 2.35. The molecule has 1 heterocycles. The van der Waals surface area contributed by atoms with Crippen molar-refractivity contribution in [1.29, 1.82) is 0 Å². The molecule has 3 aromatic rings. The second-order valence-electron chi connectivity index (χ2n) is 3.82. The maximum atomic E-state index is 11.0. The summed E-state index contributed by atoms with van der Waals surface area (Å²) in [6.07, 6.45) is 1.71. The Morgan fingerprint density at radius 2 is 1.82 bits per heavy atom. The Kier molecular flexibility index (Phi) is 2.27. The minimum absolute atomic E-state index is 0.664. The molecule has 0 bridgehead atoms. The topological polar surface area (TPSA) is 34.1 Å². The minimum atomic E-state index is 0.664. The molecule has 0 atom stereocenters. The number of thiophene rings is 1. The van der Waals surface area contributed by atoms with Crippen molar-refractivity contribution in [2.24, 2.45) is 0 Å². The van der Waals surface area contributed by atoms with E-state index in [4.69, 9.17) is 0 Å². The van der Waals surface area contributed by atoms with Gasteiger partial charge in [0.25, 0.3) is 0 Å². The lowest BCUT2D eigenvalue weighted by Crippen LogP contribution is -1.78. The first-order valence-electron chi connectivity index (χ1n) is 5.19. The van der Waals surface area contributed by atoms with Gasteiger partial charge in [-0.3, -0.25) is 9.59 Å². The van der Waals surface area contributed by atoms with Gasteiger partial charge in [-0.2, -0.15) is 0 Å². The number of benzene rings is 2. The molecule has 0 N–H and O–H groups in total. The van der Waals surface area contributed by atoms with Crippen molar-refractivity contribution in [2.75, 3.05) is 0 Å². The molecule has 17 heavy (non-hydrogen) atoms. The van der Waals surface area contributed by atoms with Crippen molar-refractivity contribution in [1.82, 2.24) is 0 Å². The van der Waals surface area contributed by atoms with Gasteiger partial charge >= 0.3 is 0 Å². The van der Waals surface area contributed by atoms with E-state index >= 15 is 0 Å². The monoisotopic (exact) mass is 240 g/mol. The zero-order valence-corrected chi connectivity index (χ0v) is 9.66. The smallest absolute Gasteiger partial charge is 0.151 e. The van der Waals surface area contributed by atoms with Gasteiger partial charge in [-0.05, 0) is 6.07 Å². The molecule has 0 saturated heterocycles. The number of carbonyl (C=O) groups excluding carboxylic acids is 2. The van der Waals surface area contributed by atoms with Crippen LogP contribution in [0.2, 0.25) is 0 Å². The first-order chi connectivity index (χ1) is 8.33. The Bertz CT molecular complexity index is 740. The summed E-state index contributed by atoms with van der Waals surface area (Å²) < 4.78 is 2.03. The molecule has 0 saturated carbocycles. The number of carbonyl (C=O) groups is 2. The van der Waals surface area contributed by atoms with Crippen LogP contribution in [0.4, 0.5) is 0 Å². The average molecular weight is 240 g/mol. The maximum Gasteiger partial charge on any atom is 0.151 e. The number of rotatable bonds is 2. The summed E-state index contributed by atoms with van der Waals surface area (Å²) in [6, 6.07) is 11.3. The molecule has 0 aliphatic carbocycles. The highest BCUT2D eigenvalue weighted by atomic mass is 32.1. The summed E-state index contributed by atoms with van der Waals surface area (Å²) in [5.41, 5.74) is 1.37. The maximum absolute atomic E-state index is 11.0. The molecule has 0 fully saturated rings. The Balaban J connectivity index is 2.48. The van der Waals surface area contributed by atoms with Crippen LogP contribution in [-0.2, 0) is 0 Å². The van der Waals surface area contributed by atoms with Crippen molar-refractivity contribution >= 4 is 44.1 Å². The van der Waals surface area contributed by atoms with Crippen molar-refractivity contribution in [3.05, 3.63) is 47.5 Å². The van der Waals surface area contributed by atoms with Gasteiger partial charge in [-0.25, -0.2) is 0 Å². The molecule has 82 valence electrons. The van der Waals surface area contributed by atoms with E-state index in [1.807, 2.05) is 30.3 Å². The van der Waals surface area contributed by atoms with Crippen molar-refractivity contribution < 1.29 is 9.59 Å². The van der Waals surface area contributed by atoms with Gasteiger partial charge in [0.05, 0.1) is 0 Å². The van der Waals surface area contributed by atoms with E-state index in [2.05, 4.69) is 0 Å². The van der Waals surface area contributed by atoms with Crippen LogP contribution in [0, 0.1) is 0 Å². The van der Waals surface area contributed by atoms with Crippen molar-refractivity contribution in [2.45, 2.75) is 0 Å². The molecule has 2 aromatic carbocycles. The van der Waals surface area contributed by atoms with E-state index in [-0.39, 0.29) is 0 Å². The predicted octanol–water partition coefficient (Wildman–Crippen LogP) is 3.68. The van der Waals surface area contributed by atoms with Gasteiger partial charge in [-0.1, -0.05) is 30.3 Å². The summed E-state index contributed by atoms with van der Waals surface area (Å²) in [7, 11) is 0. The predicted molar refractivity (Wildman–Crippen MR) is 70.1 cm³/mol. The van der Waals surface area contributed by atoms with Crippen LogP contribution in [0.15, 0.2) is 36.4 Å². The standard InChI is InChI=1S/C14H8O2S/c15-7-9-4-5-11-12-3-1-2-10(8-16)14(12)17-13(11)6-9/h1-8H. The zero-order chi connectivity index (χ0) is 11.8. The lowest BCUT2D eigenvalue weighted by Gasteiger charge is -1.93. The van der Waals surface area contributed by atoms with Crippen LogP contribution < -0.4 is 0 Å². The lowest BCUT2D eigenvalue weighted by molar-refractivity contribution is 0.111. The van der Waals surface area contributed by atoms with Crippen molar-refractivity contribution in [3.63, 3.8) is 0 Å². The largest absolute Gasteiger partial charge is 0.298 e. The van der Waals surface area contributed by atoms with Crippen LogP contribution in [0.3, 0.4) is 0 Å². The molecular formula is C14H8O2S. The quantitative estimate of drug-likeness (QED) is 0.640. The van der Waals surface area contributed by atoms with Crippen LogP contribution in [0.5, 0.6) is 0 Å². The van der Waals surface area contributed by atoms with Gasteiger partial charge in [0.1, 0.15) is 6.29 Å². The summed E-state index contributed by atoms with van der Waals surface area (Å²) in [6.45, 7) is 0. The second kappa shape index (κ2) is 3.79. The third kappa shape index (κ3) is 1.47. The first kappa shape index (κ1) is 10.2. The molecule has 2 nitrogen and oxygen atoms in total. The molecular weight excluding hydrogens is 232 g/mol. The van der Waals surface area contributed by atoms with Crippen molar-refractivity contribution in [3.8, 4) is 0 Å². The Hall–Kier alpha value is -2.00. The molecule has 0 unspecified atom stereocenters. The number of hydrogen-bond donors (Lipinski definition) is 0. The number of hydrogen-bond acceptors (Lipinski definition) is 3. The Labute approximate surface area is 101 Å². The fraction of sp³-hybridized carbons (Fsp3) is 0. The fourth-order valence-corrected chi connectivity index (χ4v) is 3.23. The summed E-state index contributed by atoms with van der Waals surface area (Å²) >= 11 is 1.55. The molecule has 0 radical (unpaired) electrons. The molecule has 3 heteroatoms. The SMILES string of the molecule is O=Cc1ccc2c(c1)sc1c(C=O)cccc12. The highest BCUT2D eigenvalue weighted by molar-refractivity contribution is 7.26. The lowest BCUT2D eigenvalue weighted by atomic mass is 10.1. The summed E-state index contributed by atoms with van der Waals surface area (Å²) in [5.74, 6) is 0. The average Bonchev–Trinajstić information content (AvgIpc) is 2.75. The minimum Gasteiger partial charge on any atom is -0.298 e. The van der Waals surface area contributed by atoms with Gasteiger partial charge in [0, 0.05) is 31.3 Å². The van der Waals surface area contributed by atoms with Gasteiger partial charge in [0.15, 0.2) is 6.29 Å². The third-order valence-corrected chi connectivity index (χ3v) is 4.03. The molecule has 1 aromatic heterocycles. The molecule has 0 aliphatic heterocycles. The molecule has 0 amide bonds. The Morgan fingerprint density at radius 3 is 2.59 bits per heavy atom. The Morgan fingerprint density at radius 1 is 0.941 bits per heavy atom. The zero-order valence-electron chi connectivity index (χ0n) is 8.84. The third-order valence-electron chi connectivity index (χ3n) is 2.82. The fourth-order valence-electron chi connectivity index (χ4n) is 2.00. The van der Waals surface area contributed by atoms with Crippen LogP contribution in [0.25, 0.3) is 20.2 Å². The van der Waals surface area contributed by atoms with E-state index in [9.17, 15) is 9.59 Å². The van der Waals surface area contributed by atoms with E-state index in [1.165, 1.54) is 0 Å². The van der Waals surface area contributed by atoms with E-state index in [0.717, 1.165) is 32.7 Å².